The van der Waals surface area contributed by atoms with Crippen LogP contribution in [-0.2, 0) is 12.8 Å². The number of benzene rings is 2. The summed E-state index contributed by atoms with van der Waals surface area (Å²) in [5.74, 6) is 2.17. The molecule has 2 aromatic carbocycles. The van der Waals surface area contributed by atoms with Crippen molar-refractivity contribution in [1.29, 1.82) is 0 Å². The third kappa shape index (κ3) is 1.98. The zero-order valence-electron chi connectivity index (χ0n) is 16.6. The van der Waals surface area contributed by atoms with E-state index in [0.717, 1.165) is 5.75 Å². The second-order valence-corrected chi connectivity index (χ2v) is 9.25. The van der Waals surface area contributed by atoms with E-state index >= 15 is 0 Å². The lowest BCUT2D eigenvalue weighted by molar-refractivity contribution is 0.218. The molecule has 3 heterocycles. The predicted molar refractivity (Wildman–Crippen MR) is 113 cm³/mol. The molecule has 0 saturated heterocycles. The van der Waals surface area contributed by atoms with E-state index in [1.165, 1.54) is 71.9 Å². The van der Waals surface area contributed by atoms with E-state index in [2.05, 4.69) is 30.9 Å². The number of aryl methyl sites for hydroxylation is 2. The first-order chi connectivity index (χ1) is 13.0. The van der Waals surface area contributed by atoms with Crippen molar-refractivity contribution in [3.8, 4) is 5.75 Å². The molecular formula is C24H26BNO. The number of anilines is 1. The lowest BCUT2D eigenvalue weighted by Gasteiger charge is -2.44. The van der Waals surface area contributed by atoms with Crippen LogP contribution in [0.15, 0.2) is 12.1 Å². The minimum absolute atomic E-state index is 0.532. The summed E-state index contributed by atoms with van der Waals surface area (Å²) < 4.78 is 6.37. The molecule has 6 rings (SSSR count). The van der Waals surface area contributed by atoms with Crippen LogP contribution in [-0.4, -0.2) is 26.4 Å². The molecule has 4 aliphatic rings. The molecular weight excluding hydrogens is 329 g/mol. The van der Waals surface area contributed by atoms with Gasteiger partial charge in [-0.05, 0) is 78.0 Å². The second-order valence-electron chi connectivity index (χ2n) is 9.25. The van der Waals surface area contributed by atoms with E-state index in [1.807, 2.05) is 13.0 Å². The molecule has 2 aromatic rings. The van der Waals surface area contributed by atoms with Crippen molar-refractivity contribution in [3.63, 3.8) is 0 Å². The van der Waals surface area contributed by atoms with Crippen LogP contribution in [0.3, 0.4) is 0 Å². The molecule has 0 saturated carbocycles. The zero-order valence-corrected chi connectivity index (χ0v) is 16.6. The number of hydrogen-bond acceptors (Lipinski definition) is 2. The van der Waals surface area contributed by atoms with Gasteiger partial charge in [-0.2, -0.15) is 0 Å². The average molecular weight is 355 g/mol. The summed E-state index contributed by atoms with van der Waals surface area (Å²) in [4.78, 5) is 2.63. The summed E-state index contributed by atoms with van der Waals surface area (Å²) in [6, 6.07) is 2.53. The highest BCUT2D eigenvalue weighted by molar-refractivity contribution is 6.17. The third-order valence-electron chi connectivity index (χ3n) is 7.43. The maximum atomic E-state index is 6.37. The Morgan fingerprint density at radius 3 is 2.67 bits per heavy atom. The van der Waals surface area contributed by atoms with Crippen molar-refractivity contribution < 1.29 is 4.74 Å². The van der Waals surface area contributed by atoms with E-state index < -0.39 is 5.50 Å². The van der Waals surface area contributed by atoms with E-state index in [9.17, 15) is 0 Å². The van der Waals surface area contributed by atoms with Crippen LogP contribution in [0, 0.1) is 0 Å². The van der Waals surface area contributed by atoms with Gasteiger partial charge in [-0.1, -0.05) is 26.0 Å². The topological polar surface area (TPSA) is 12.5 Å². The number of rotatable bonds is 0. The van der Waals surface area contributed by atoms with E-state index in [1.54, 1.807) is 11.1 Å². The second kappa shape index (κ2) is 5.13. The molecule has 2 nitrogen and oxygen atoms in total. The lowest BCUT2D eigenvalue weighted by atomic mass is 9.65. The van der Waals surface area contributed by atoms with Crippen molar-refractivity contribution in [3.05, 3.63) is 40.0 Å². The largest absolute Gasteiger partial charge is 0.493 e. The maximum Gasteiger partial charge on any atom is 0.137 e. The van der Waals surface area contributed by atoms with Gasteiger partial charge in [0.1, 0.15) is 13.6 Å². The Morgan fingerprint density at radius 2 is 1.85 bits per heavy atom. The van der Waals surface area contributed by atoms with Crippen LogP contribution in [0.25, 0.3) is 16.8 Å². The minimum Gasteiger partial charge on any atom is -0.493 e. The van der Waals surface area contributed by atoms with Crippen LogP contribution >= 0.6 is 0 Å². The molecule has 3 atom stereocenters. The summed E-state index contributed by atoms with van der Waals surface area (Å²) in [5, 5.41) is 2.93. The highest BCUT2D eigenvalue weighted by atomic mass is 16.5. The fraction of sp³-hybridized carbons (Fsp3) is 0.500. The lowest BCUT2D eigenvalue weighted by Crippen LogP contribution is -2.36. The highest BCUT2D eigenvalue weighted by Gasteiger charge is 2.41. The molecule has 0 N–H and O–H groups in total. The normalized spacial score (nSPS) is 30.3. The number of nitrogens with zero attached hydrogens (tertiary/aromatic N) is 1. The van der Waals surface area contributed by atoms with Gasteiger partial charge in [-0.15, -0.1) is 0 Å². The maximum absolute atomic E-state index is 6.37. The minimum atomic E-state index is -0.718. The van der Waals surface area contributed by atoms with Crippen LogP contribution < -0.4 is 9.64 Å². The van der Waals surface area contributed by atoms with Gasteiger partial charge in [0.2, 0.25) is 0 Å². The first-order valence-electron chi connectivity index (χ1n) is 10.6. The number of hydrogen-bond donors (Lipinski definition) is 0. The summed E-state index contributed by atoms with van der Waals surface area (Å²) in [5.41, 5.74) is 8.15. The van der Waals surface area contributed by atoms with Crippen molar-refractivity contribution >= 4 is 30.4 Å². The highest BCUT2D eigenvalue weighted by Crippen LogP contribution is 2.58. The molecule has 0 bridgehead atoms. The molecule has 3 aliphatic heterocycles. The molecule has 136 valence electrons. The molecule has 0 fully saturated rings. The Hall–Kier alpha value is -1.90. The van der Waals surface area contributed by atoms with E-state index in [-0.39, 0.29) is 0 Å². The SMILES string of the molecule is [B][C@]1(C)C=Cc2c(c3c(c4cc5c6c(c24)CCCN6CCC5)C(C)C3C)O1. The van der Waals surface area contributed by atoms with Gasteiger partial charge in [0.15, 0.2) is 0 Å². The first kappa shape index (κ1) is 16.1. The molecule has 3 heteroatoms. The van der Waals surface area contributed by atoms with Crippen molar-refractivity contribution in [2.75, 3.05) is 18.0 Å². The van der Waals surface area contributed by atoms with Gasteiger partial charge in [0.25, 0.3) is 0 Å². The first-order valence-corrected chi connectivity index (χ1v) is 10.6. The van der Waals surface area contributed by atoms with Crippen LogP contribution in [0.5, 0.6) is 5.75 Å². The predicted octanol–water partition coefficient (Wildman–Crippen LogP) is 5.05. The van der Waals surface area contributed by atoms with Gasteiger partial charge in [-0.3, -0.25) is 0 Å². The van der Waals surface area contributed by atoms with Gasteiger partial charge >= 0.3 is 0 Å². The smallest absolute Gasteiger partial charge is 0.137 e. The van der Waals surface area contributed by atoms with Crippen molar-refractivity contribution in [1.82, 2.24) is 0 Å². The van der Waals surface area contributed by atoms with Gasteiger partial charge in [0.05, 0.1) is 5.50 Å². The zero-order chi connectivity index (χ0) is 18.5. The Balaban J connectivity index is 1.77. The summed E-state index contributed by atoms with van der Waals surface area (Å²) in [7, 11) is 6.36. The quantitative estimate of drug-likeness (QED) is 0.613. The average Bonchev–Trinajstić information content (AvgIpc) is 2.65. The van der Waals surface area contributed by atoms with Crippen LogP contribution in [0.4, 0.5) is 5.69 Å². The number of ether oxygens (including phenoxy) is 1. The number of fused-ring (bicyclic) bond motifs is 7. The van der Waals surface area contributed by atoms with Crippen molar-refractivity contribution in [2.45, 2.75) is 63.8 Å². The summed E-state index contributed by atoms with van der Waals surface area (Å²) >= 11 is 0. The fourth-order valence-electron chi connectivity index (χ4n) is 6.02. The van der Waals surface area contributed by atoms with Gasteiger partial charge in [-0.25, -0.2) is 0 Å². The standard InChI is InChI=1S/C24H26BNO/c1-13-14(2)20-19(13)18-12-15-6-4-10-26-11-5-7-16(22(15)26)21(18)17-8-9-24(3,25)27-23(17)20/h8-9,12-14H,4-7,10-11H2,1-3H3/t13?,14?,24-/m0/s1. The molecule has 27 heavy (non-hydrogen) atoms. The van der Waals surface area contributed by atoms with Crippen LogP contribution in [0.2, 0.25) is 0 Å². The van der Waals surface area contributed by atoms with Gasteiger partial charge < -0.3 is 9.64 Å². The Bertz CT molecular complexity index is 1030. The van der Waals surface area contributed by atoms with E-state index in [0.29, 0.717) is 11.8 Å². The Labute approximate surface area is 163 Å². The summed E-state index contributed by atoms with van der Waals surface area (Å²) in [6.45, 7) is 9.07. The molecule has 0 amide bonds. The molecule has 0 aromatic heterocycles. The Morgan fingerprint density at radius 1 is 1.11 bits per heavy atom. The monoisotopic (exact) mass is 355 g/mol. The molecule has 1 aliphatic carbocycles. The molecule has 0 spiro atoms. The van der Waals surface area contributed by atoms with Crippen molar-refractivity contribution in [2.24, 2.45) is 0 Å². The van der Waals surface area contributed by atoms with Gasteiger partial charge in [0, 0.05) is 29.9 Å². The molecule has 2 unspecified atom stereocenters. The van der Waals surface area contributed by atoms with E-state index in [4.69, 9.17) is 12.6 Å². The Kier molecular flexibility index (Phi) is 3.06. The molecule has 2 radical (unpaired) electrons. The third-order valence-corrected chi connectivity index (χ3v) is 7.43. The fourth-order valence-corrected chi connectivity index (χ4v) is 6.02. The van der Waals surface area contributed by atoms with Crippen LogP contribution in [0.1, 0.15) is 73.3 Å². The summed E-state index contributed by atoms with van der Waals surface area (Å²) in [6.07, 6.45) is 9.20.